The molecule has 3 nitrogen and oxygen atoms in total. The van der Waals surface area contributed by atoms with Gasteiger partial charge in [0.1, 0.15) is 11.7 Å². The zero-order chi connectivity index (χ0) is 11.9. The van der Waals surface area contributed by atoms with Gasteiger partial charge in [-0.2, -0.15) is 0 Å². The summed E-state index contributed by atoms with van der Waals surface area (Å²) in [7, 11) is 0. The Hall–Kier alpha value is -1.06. The molecule has 1 aliphatic rings. The van der Waals surface area contributed by atoms with Crippen molar-refractivity contribution in [1.29, 1.82) is 0 Å². The topological polar surface area (TPSA) is 54.4 Å². The van der Waals surface area contributed by atoms with E-state index in [0.717, 1.165) is 0 Å². The van der Waals surface area contributed by atoms with E-state index in [-0.39, 0.29) is 0 Å². The number of carbonyl (C=O) groups is 2. The van der Waals surface area contributed by atoms with Gasteiger partial charge >= 0.3 is 5.97 Å². The molecule has 1 saturated carbocycles. The van der Waals surface area contributed by atoms with E-state index >= 15 is 0 Å². The molecule has 84 valence electrons. The van der Waals surface area contributed by atoms with Crippen molar-refractivity contribution in [3.8, 4) is 0 Å². The number of halogens is 2. The van der Waals surface area contributed by atoms with Gasteiger partial charge in [-0.3, -0.25) is 4.79 Å². The zero-order valence-electron chi connectivity index (χ0n) is 8.11. The first-order valence-electron chi connectivity index (χ1n) is 4.66. The fourth-order valence-corrected chi connectivity index (χ4v) is 2.23. The van der Waals surface area contributed by atoms with Gasteiger partial charge in [0.25, 0.3) is 0 Å². The van der Waals surface area contributed by atoms with Gasteiger partial charge in [-0.05, 0) is 24.1 Å². The van der Waals surface area contributed by atoms with Crippen LogP contribution in [0.2, 0.25) is 10.0 Å². The second kappa shape index (κ2) is 3.75. The summed E-state index contributed by atoms with van der Waals surface area (Å²) in [5, 5.41) is 9.86. The summed E-state index contributed by atoms with van der Waals surface area (Å²) in [6.45, 7) is 0. The largest absolute Gasteiger partial charge is 0.481 e. The molecular weight excluding hydrogens is 251 g/mol. The van der Waals surface area contributed by atoms with E-state index in [4.69, 9.17) is 23.2 Å². The summed E-state index contributed by atoms with van der Waals surface area (Å²) in [6.07, 6.45) is 1.00. The Morgan fingerprint density at radius 3 is 2.56 bits per heavy atom. The average Bonchev–Trinajstić information content (AvgIpc) is 2.98. The Morgan fingerprint density at radius 1 is 1.44 bits per heavy atom. The van der Waals surface area contributed by atoms with E-state index < -0.39 is 17.3 Å². The van der Waals surface area contributed by atoms with Crippen LogP contribution in [0.4, 0.5) is 0 Å². The van der Waals surface area contributed by atoms with Crippen LogP contribution in [-0.2, 0) is 15.0 Å². The Bertz CT molecular complexity index is 472. The molecule has 1 aromatic rings. The molecule has 1 fully saturated rings. The Morgan fingerprint density at radius 2 is 2.12 bits per heavy atom. The van der Waals surface area contributed by atoms with Crippen LogP contribution in [0.5, 0.6) is 0 Å². The van der Waals surface area contributed by atoms with Gasteiger partial charge in [0.05, 0.1) is 10.0 Å². The van der Waals surface area contributed by atoms with Crippen molar-refractivity contribution in [2.75, 3.05) is 0 Å². The van der Waals surface area contributed by atoms with Gasteiger partial charge < -0.3 is 9.90 Å². The summed E-state index contributed by atoms with van der Waals surface area (Å²) in [5.74, 6) is -1.47. The minimum absolute atomic E-state index is 0.302. The van der Waals surface area contributed by atoms with Crippen molar-refractivity contribution in [1.82, 2.24) is 0 Å². The molecule has 1 aliphatic carbocycles. The van der Waals surface area contributed by atoms with Crippen LogP contribution in [-0.4, -0.2) is 17.4 Å². The summed E-state index contributed by atoms with van der Waals surface area (Å²) < 4.78 is 0. The summed E-state index contributed by atoms with van der Waals surface area (Å²) >= 11 is 11.6. The fraction of sp³-hybridized carbons (Fsp3) is 0.273. The first kappa shape index (κ1) is 11.4. The highest BCUT2D eigenvalue weighted by Crippen LogP contribution is 2.54. The number of rotatable bonds is 3. The third kappa shape index (κ3) is 1.51. The summed E-state index contributed by atoms with van der Waals surface area (Å²) in [4.78, 5) is 21.9. The minimum atomic E-state index is -1.10. The third-order valence-electron chi connectivity index (χ3n) is 3.00. The molecule has 0 aromatic heterocycles. The highest BCUT2D eigenvalue weighted by Gasteiger charge is 2.61. The lowest BCUT2D eigenvalue weighted by molar-refractivity contribution is -0.141. The van der Waals surface area contributed by atoms with E-state index in [1.807, 2.05) is 0 Å². The number of carbonyl (C=O) groups excluding carboxylic acids is 1. The highest BCUT2D eigenvalue weighted by atomic mass is 35.5. The predicted molar refractivity (Wildman–Crippen MR) is 59.9 cm³/mol. The van der Waals surface area contributed by atoms with Crippen LogP contribution >= 0.6 is 23.2 Å². The van der Waals surface area contributed by atoms with Crippen molar-refractivity contribution in [3.05, 3.63) is 33.8 Å². The van der Waals surface area contributed by atoms with Gasteiger partial charge in [-0.25, -0.2) is 0 Å². The second-order valence-electron chi connectivity index (χ2n) is 3.85. The van der Waals surface area contributed by atoms with Crippen LogP contribution in [0.1, 0.15) is 12.0 Å². The maximum Gasteiger partial charge on any atom is 0.314 e. The van der Waals surface area contributed by atoms with Gasteiger partial charge in [0.2, 0.25) is 0 Å². The molecule has 2 unspecified atom stereocenters. The van der Waals surface area contributed by atoms with Crippen LogP contribution < -0.4 is 0 Å². The van der Waals surface area contributed by atoms with Crippen LogP contribution in [0.3, 0.4) is 0 Å². The van der Waals surface area contributed by atoms with Gasteiger partial charge in [-0.1, -0.05) is 29.3 Å². The lowest BCUT2D eigenvalue weighted by Gasteiger charge is -2.11. The van der Waals surface area contributed by atoms with Gasteiger partial charge in [0.15, 0.2) is 0 Å². The van der Waals surface area contributed by atoms with E-state index in [1.165, 1.54) is 6.07 Å². The smallest absolute Gasteiger partial charge is 0.314 e. The molecule has 0 saturated heterocycles. The number of hydrogen-bond acceptors (Lipinski definition) is 2. The Labute approximate surface area is 102 Å². The van der Waals surface area contributed by atoms with Crippen LogP contribution in [0.15, 0.2) is 18.2 Å². The van der Waals surface area contributed by atoms with E-state index in [9.17, 15) is 14.7 Å². The molecule has 0 bridgehead atoms. The van der Waals surface area contributed by atoms with Gasteiger partial charge in [0, 0.05) is 5.92 Å². The average molecular weight is 259 g/mol. The number of aliphatic carboxylic acids is 1. The number of benzene rings is 1. The number of carboxylic acid groups (broad SMARTS) is 1. The van der Waals surface area contributed by atoms with Crippen molar-refractivity contribution in [3.63, 3.8) is 0 Å². The van der Waals surface area contributed by atoms with Crippen LogP contribution in [0, 0.1) is 5.92 Å². The van der Waals surface area contributed by atoms with E-state index in [2.05, 4.69) is 0 Å². The fourth-order valence-electron chi connectivity index (χ4n) is 1.93. The molecule has 0 radical (unpaired) electrons. The van der Waals surface area contributed by atoms with Gasteiger partial charge in [-0.15, -0.1) is 0 Å². The maximum absolute atomic E-state index is 11.2. The van der Waals surface area contributed by atoms with E-state index in [1.54, 1.807) is 12.1 Å². The molecule has 5 heteroatoms. The third-order valence-corrected chi connectivity index (χ3v) is 3.73. The van der Waals surface area contributed by atoms with Crippen molar-refractivity contribution < 1.29 is 14.7 Å². The predicted octanol–water partition coefficient (Wildman–Crippen LogP) is 2.53. The monoisotopic (exact) mass is 258 g/mol. The SMILES string of the molecule is O=CC1CC1(C(=O)O)c1ccc(Cl)c(Cl)c1. The van der Waals surface area contributed by atoms with Crippen molar-refractivity contribution in [2.45, 2.75) is 11.8 Å². The maximum atomic E-state index is 11.2. The first-order chi connectivity index (χ1) is 7.52. The molecule has 2 rings (SSSR count). The second-order valence-corrected chi connectivity index (χ2v) is 4.67. The number of aldehydes is 1. The molecule has 2 atom stereocenters. The molecule has 0 aliphatic heterocycles. The lowest BCUT2D eigenvalue weighted by Crippen LogP contribution is -2.22. The van der Waals surface area contributed by atoms with E-state index in [0.29, 0.717) is 28.3 Å². The summed E-state index contributed by atoms with van der Waals surface area (Å²) in [6, 6.07) is 4.66. The van der Waals surface area contributed by atoms with Crippen molar-refractivity contribution >= 4 is 35.5 Å². The molecule has 0 heterocycles. The van der Waals surface area contributed by atoms with Crippen molar-refractivity contribution in [2.24, 2.45) is 5.92 Å². The number of carboxylic acids is 1. The Balaban J connectivity index is 2.46. The molecule has 0 amide bonds. The normalized spacial score (nSPS) is 27.5. The molecule has 1 aromatic carbocycles. The Kier molecular flexibility index (Phi) is 2.68. The zero-order valence-corrected chi connectivity index (χ0v) is 9.63. The molecule has 16 heavy (non-hydrogen) atoms. The number of hydrogen-bond donors (Lipinski definition) is 1. The highest BCUT2D eigenvalue weighted by molar-refractivity contribution is 6.42. The van der Waals surface area contributed by atoms with Crippen LogP contribution in [0.25, 0.3) is 0 Å². The lowest BCUT2D eigenvalue weighted by atomic mass is 9.94. The quantitative estimate of drug-likeness (QED) is 0.848. The first-order valence-corrected chi connectivity index (χ1v) is 5.42. The minimum Gasteiger partial charge on any atom is -0.481 e. The standard InChI is InChI=1S/C11H8Cl2O3/c12-8-2-1-6(3-9(8)13)11(10(15)16)4-7(11)5-14/h1-3,5,7H,4H2,(H,15,16). The molecule has 1 N–H and O–H groups in total. The molecular formula is C11H8Cl2O3. The summed E-state index contributed by atoms with van der Waals surface area (Å²) in [5.41, 5.74) is -0.567. The molecule has 0 spiro atoms.